The zero-order valence-corrected chi connectivity index (χ0v) is 23.6. The van der Waals surface area contributed by atoms with Crippen molar-refractivity contribution in [1.82, 2.24) is 4.90 Å². The number of nitro benzene ring substituents is 2. The smallest absolute Gasteiger partial charge is 0.277 e. The van der Waals surface area contributed by atoms with Crippen molar-refractivity contribution in [3.63, 3.8) is 0 Å². The molecule has 0 unspecified atom stereocenters. The molecule has 2 fully saturated rings. The second kappa shape index (κ2) is 13.6. The third-order valence-electron chi connectivity index (χ3n) is 7.25. The van der Waals surface area contributed by atoms with E-state index >= 15 is 0 Å². The number of hydrogen-bond acceptors (Lipinski definition) is 11. The first-order chi connectivity index (χ1) is 21.7. The third kappa shape index (κ3) is 6.80. The minimum absolute atomic E-state index is 0.0320. The molecule has 0 aromatic heterocycles. The Morgan fingerprint density at radius 3 is 2.20 bits per heavy atom. The molecule has 232 valence electrons. The van der Waals surface area contributed by atoms with Crippen LogP contribution in [0.15, 0.2) is 84.0 Å². The monoisotopic (exact) mass is 618 g/mol. The number of hydrogen-bond donors (Lipinski definition) is 0. The van der Waals surface area contributed by atoms with Gasteiger partial charge in [0, 0.05) is 29.5 Å². The number of amides is 2. The highest BCUT2D eigenvalue weighted by Gasteiger charge is 2.53. The highest BCUT2D eigenvalue weighted by molar-refractivity contribution is 6.05. The van der Waals surface area contributed by atoms with Crippen LogP contribution in [0.25, 0.3) is 10.4 Å². The lowest BCUT2D eigenvalue weighted by Gasteiger charge is -2.50. The Balaban J connectivity index is 1.54. The fraction of sp³-hybridized carbons (Fsp3) is 0.310. The average molecular weight is 619 g/mol. The topological polar surface area (TPSA) is 209 Å². The summed E-state index contributed by atoms with van der Waals surface area (Å²) in [7, 11) is 0. The molecule has 2 aliphatic rings. The van der Waals surface area contributed by atoms with Crippen molar-refractivity contribution in [1.29, 1.82) is 0 Å². The Hall–Kier alpha value is -5.25. The number of carbonyl (C=O) groups excluding carboxylic acids is 2. The summed E-state index contributed by atoms with van der Waals surface area (Å²) in [6.45, 7) is 0.993. The first-order valence-electron chi connectivity index (χ1n) is 13.6. The number of azide groups is 1. The van der Waals surface area contributed by atoms with Gasteiger partial charge in [-0.15, -0.1) is 0 Å². The molecule has 0 bridgehead atoms. The summed E-state index contributed by atoms with van der Waals surface area (Å²) in [5.74, 6) is -2.05. The van der Waals surface area contributed by atoms with Gasteiger partial charge < -0.3 is 18.9 Å². The van der Waals surface area contributed by atoms with Crippen molar-refractivity contribution in [3.05, 3.63) is 126 Å². The second-order valence-corrected chi connectivity index (χ2v) is 10.1. The summed E-state index contributed by atoms with van der Waals surface area (Å²) >= 11 is 0. The maximum atomic E-state index is 13.8. The number of nitrogens with zero attached hydrogens (tertiary/aromatic N) is 6. The molecule has 5 rings (SSSR count). The van der Waals surface area contributed by atoms with Crippen LogP contribution in [0.2, 0.25) is 0 Å². The highest BCUT2D eigenvalue weighted by atomic mass is 16.7. The number of carbonyl (C=O) groups is 2. The second-order valence-electron chi connectivity index (χ2n) is 10.1. The predicted octanol–water partition coefficient (Wildman–Crippen LogP) is 4.60. The van der Waals surface area contributed by atoms with Gasteiger partial charge in [0.1, 0.15) is 18.2 Å². The molecule has 6 atom stereocenters. The summed E-state index contributed by atoms with van der Waals surface area (Å²) < 4.78 is 24.6. The molecule has 0 saturated carbocycles. The number of ether oxygens (including phenoxy) is 4. The van der Waals surface area contributed by atoms with Crippen LogP contribution in [0.3, 0.4) is 0 Å². The van der Waals surface area contributed by atoms with Crippen LogP contribution in [0.4, 0.5) is 11.4 Å². The number of benzene rings is 3. The lowest BCUT2D eigenvalue weighted by molar-refractivity contribution is -0.394. The Bertz CT molecular complexity index is 1600. The van der Waals surface area contributed by atoms with E-state index < -0.39 is 75.5 Å². The third-order valence-corrected chi connectivity index (χ3v) is 7.25. The molecule has 0 spiro atoms. The number of fused-ring (bicyclic) bond motifs is 1. The van der Waals surface area contributed by atoms with Crippen LogP contribution in [-0.2, 0) is 30.3 Å². The van der Waals surface area contributed by atoms with Gasteiger partial charge >= 0.3 is 0 Å². The molecule has 45 heavy (non-hydrogen) atoms. The maximum Gasteiger partial charge on any atom is 0.277 e. The van der Waals surface area contributed by atoms with Crippen LogP contribution in [0, 0.1) is 20.2 Å². The lowest BCUT2D eigenvalue weighted by Crippen LogP contribution is -2.66. The van der Waals surface area contributed by atoms with Crippen molar-refractivity contribution in [3.8, 4) is 0 Å². The molecule has 0 N–H and O–H groups in total. The van der Waals surface area contributed by atoms with Crippen molar-refractivity contribution in [2.75, 3.05) is 6.61 Å². The van der Waals surface area contributed by atoms with Crippen molar-refractivity contribution >= 4 is 23.2 Å². The van der Waals surface area contributed by atoms with Crippen LogP contribution in [-0.4, -0.2) is 63.7 Å². The SMILES string of the molecule is CC(=O)N(C(=O)c1cc([N+](=O)[O-])cc([N+](=O)[O-])c1)[C@H]1O[C@@H]2CO[C@@H](c3ccccc3)O[C@H]2[C@H](OCc2ccccc2)[C@H]1N=[N+]=[N-]. The van der Waals surface area contributed by atoms with Gasteiger partial charge in [-0.1, -0.05) is 65.8 Å². The molecule has 0 radical (unpaired) electrons. The van der Waals surface area contributed by atoms with Gasteiger partial charge in [-0.2, -0.15) is 0 Å². The average Bonchev–Trinajstić information content (AvgIpc) is 3.04. The minimum Gasteiger partial charge on any atom is -0.370 e. The number of non-ortho nitro benzene ring substituents is 2. The van der Waals surface area contributed by atoms with E-state index in [2.05, 4.69) is 10.0 Å². The molecular formula is C29H26N6O10. The molecule has 0 aliphatic carbocycles. The van der Waals surface area contributed by atoms with E-state index in [1.807, 2.05) is 48.5 Å². The fourth-order valence-corrected chi connectivity index (χ4v) is 5.22. The van der Waals surface area contributed by atoms with Gasteiger partial charge in [-0.3, -0.25) is 34.7 Å². The number of nitro groups is 2. The summed E-state index contributed by atoms with van der Waals surface area (Å²) in [5, 5.41) is 26.8. The zero-order chi connectivity index (χ0) is 32.1. The first kappa shape index (κ1) is 31.2. The van der Waals surface area contributed by atoms with Crippen LogP contribution in [0.5, 0.6) is 0 Å². The number of imide groups is 1. The van der Waals surface area contributed by atoms with Crippen molar-refractivity contribution in [2.24, 2.45) is 5.11 Å². The van der Waals surface area contributed by atoms with E-state index in [1.165, 1.54) is 0 Å². The summed E-state index contributed by atoms with van der Waals surface area (Å²) in [6, 6.07) is 19.0. The van der Waals surface area contributed by atoms with Gasteiger partial charge in [-0.25, -0.2) is 0 Å². The summed E-state index contributed by atoms with van der Waals surface area (Å²) in [6.07, 6.45) is -5.36. The van der Waals surface area contributed by atoms with E-state index in [4.69, 9.17) is 18.9 Å². The minimum atomic E-state index is -1.60. The maximum absolute atomic E-state index is 13.8. The lowest BCUT2D eigenvalue weighted by atomic mass is 9.94. The molecular weight excluding hydrogens is 592 g/mol. The van der Waals surface area contributed by atoms with E-state index in [1.54, 1.807) is 12.1 Å². The van der Waals surface area contributed by atoms with Gasteiger partial charge in [0.25, 0.3) is 17.3 Å². The van der Waals surface area contributed by atoms with Gasteiger partial charge in [-0.05, 0) is 11.1 Å². The van der Waals surface area contributed by atoms with Gasteiger partial charge in [0.15, 0.2) is 12.5 Å². The standard InChI is InChI=1S/C29H26N6O10/c1-17(36)33(27(37)20-12-21(34(38)39)14-22(13-20)35(40)41)28-24(31-32-30)26(42-15-18-8-4-2-5-9-18)25-23(44-28)16-43-29(45-25)19-10-6-3-7-11-19/h2-14,23-26,28-29H,15-16H2,1H3/t23-,24-,25-,26-,28+,29-/m1/s1. The van der Waals surface area contributed by atoms with Crippen LogP contribution >= 0.6 is 0 Å². The summed E-state index contributed by atoms with van der Waals surface area (Å²) in [5.41, 5.74) is 9.05. The Labute approximate surface area is 255 Å². The Morgan fingerprint density at radius 2 is 1.62 bits per heavy atom. The quantitative estimate of drug-likeness (QED) is 0.107. The highest BCUT2D eigenvalue weighted by Crippen LogP contribution is 2.38. The zero-order valence-electron chi connectivity index (χ0n) is 23.6. The predicted molar refractivity (Wildman–Crippen MR) is 153 cm³/mol. The summed E-state index contributed by atoms with van der Waals surface area (Å²) in [4.78, 5) is 51.5. The molecule has 3 aromatic carbocycles. The van der Waals surface area contributed by atoms with E-state index in [-0.39, 0.29) is 13.2 Å². The Kier molecular flexibility index (Phi) is 9.42. The molecule has 3 aromatic rings. The molecule has 2 aliphatic heterocycles. The van der Waals surface area contributed by atoms with Crippen molar-refractivity contribution < 1.29 is 38.4 Å². The molecule has 16 nitrogen and oxygen atoms in total. The van der Waals surface area contributed by atoms with E-state index in [0.717, 1.165) is 24.6 Å². The van der Waals surface area contributed by atoms with Crippen LogP contribution < -0.4 is 0 Å². The molecule has 16 heteroatoms. The molecule has 2 amide bonds. The first-order valence-corrected chi connectivity index (χ1v) is 13.6. The largest absolute Gasteiger partial charge is 0.370 e. The normalized spacial score (nSPS) is 24.0. The molecule has 2 saturated heterocycles. The molecule has 2 heterocycles. The fourth-order valence-electron chi connectivity index (χ4n) is 5.22. The number of rotatable bonds is 9. The van der Waals surface area contributed by atoms with E-state index in [9.17, 15) is 35.3 Å². The van der Waals surface area contributed by atoms with Crippen molar-refractivity contribution in [2.45, 2.75) is 50.4 Å². The van der Waals surface area contributed by atoms with Crippen LogP contribution in [0.1, 0.15) is 34.7 Å². The van der Waals surface area contributed by atoms with E-state index in [0.29, 0.717) is 16.5 Å². The Morgan fingerprint density at radius 1 is 1.00 bits per heavy atom. The van der Waals surface area contributed by atoms with Gasteiger partial charge in [0.05, 0.1) is 40.8 Å². The van der Waals surface area contributed by atoms with Gasteiger partial charge in [0.2, 0.25) is 5.91 Å².